The molecule has 0 saturated carbocycles. The van der Waals surface area contributed by atoms with Gasteiger partial charge in [-0.2, -0.15) is 0 Å². The summed E-state index contributed by atoms with van der Waals surface area (Å²) in [7, 11) is 0. The van der Waals surface area contributed by atoms with E-state index in [1.807, 2.05) is 0 Å². The van der Waals surface area contributed by atoms with Gasteiger partial charge in [0.2, 0.25) is 0 Å². The van der Waals surface area contributed by atoms with Gasteiger partial charge in [-0.25, -0.2) is 4.99 Å². The highest BCUT2D eigenvalue weighted by atomic mass is 127. The Hall–Kier alpha value is -0.950. The molecule has 0 fully saturated rings. The molecule has 0 bridgehead atoms. The van der Waals surface area contributed by atoms with E-state index in [1.165, 1.54) is 22.0 Å². The van der Waals surface area contributed by atoms with E-state index in [1.54, 1.807) is 11.8 Å². The molecular weight excluding hydrogens is 443 g/mol. The fraction of sp³-hybridized carbons (Fsp3) is 0.450. The Balaban J connectivity index is 1.80. The van der Waals surface area contributed by atoms with Crippen molar-refractivity contribution in [1.82, 2.24) is 0 Å². The Bertz CT molecular complexity index is 712. The average molecular weight is 468 g/mol. The van der Waals surface area contributed by atoms with Crippen LogP contribution in [-0.2, 0) is 0 Å². The number of nitrogens with zero attached hydrogens (tertiary/aromatic N) is 1. The van der Waals surface area contributed by atoms with Crippen molar-refractivity contribution in [3.8, 4) is 5.75 Å². The zero-order valence-electron chi connectivity index (χ0n) is 14.6. The minimum atomic E-state index is 0.561. The minimum absolute atomic E-state index is 0.561. The van der Waals surface area contributed by atoms with Gasteiger partial charge in [-0.3, -0.25) is 0 Å². The fourth-order valence-electron chi connectivity index (χ4n) is 3.27. The van der Waals surface area contributed by atoms with E-state index >= 15 is 0 Å². The van der Waals surface area contributed by atoms with E-state index in [4.69, 9.17) is 10.5 Å². The van der Waals surface area contributed by atoms with Gasteiger partial charge in [-0.15, -0.1) is 11.8 Å². The summed E-state index contributed by atoms with van der Waals surface area (Å²) in [6, 6.07) is 6.33. The van der Waals surface area contributed by atoms with Crippen molar-refractivity contribution in [2.24, 2.45) is 10.7 Å². The van der Waals surface area contributed by atoms with Gasteiger partial charge in [0.05, 0.1) is 12.3 Å². The topological polar surface area (TPSA) is 47.6 Å². The smallest absolute Gasteiger partial charge is 0.137 e. The molecule has 3 rings (SSSR count). The van der Waals surface area contributed by atoms with Crippen molar-refractivity contribution in [2.45, 2.75) is 44.9 Å². The molecule has 25 heavy (non-hydrogen) atoms. The Kier molecular flexibility index (Phi) is 6.87. The maximum Gasteiger partial charge on any atom is 0.137 e. The van der Waals surface area contributed by atoms with E-state index < -0.39 is 0 Å². The number of ether oxygens (including phenoxy) is 1. The lowest BCUT2D eigenvalue weighted by molar-refractivity contribution is 0.316. The van der Waals surface area contributed by atoms with Crippen LogP contribution in [0.4, 0.5) is 5.69 Å². The molecular formula is C20H25IN2OS. The standard InChI is InChI=1S/C20H25IN2OS/c1-2-15(21)8-7-14-5-3-11-24-18-13-16(9-10-17(14)18)23-20(22)19-6-4-12-25-19/h2,6,9-10,13-14H,3-5,7-8,11-12H2,1H3,(H2,22,23)/b15-2+. The van der Waals surface area contributed by atoms with Crippen LogP contribution in [0.5, 0.6) is 5.75 Å². The second kappa shape index (κ2) is 9.12. The molecule has 0 saturated heterocycles. The molecule has 1 aromatic rings. The van der Waals surface area contributed by atoms with Crippen LogP contribution in [0, 0.1) is 0 Å². The molecule has 2 aliphatic rings. The lowest BCUT2D eigenvalue weighted by Gasteiger charge is -2.17. The minimum Gasteiger partial charge on any atom is -0.493 e. The van der Waals surface area contributed by atoms with Crippen molar-refractivity contribution in [3.63, 3.8) is 0 Å². The number of amidine groups is 1. The van der Waals surface area contributed by atoms with Gasteiger partial charge >= 0.3 is 0 Å². The van der Waals surface area contributed by atoms with Crippen LogP contribution in [0.25, 0.3) is 0 Å². The van der Waals surface area contributed by atoms with Gasteiger partial charge in [-0.05, 0) is 82.7 Å². The Morgan fingerprint density at radius 1 is 1.48 bits per heavy atom. The second-order valence-corrected chi connectivity index (χ2v) is 8.91. The number of hydrogen-bond acceptors (Lipinski definition) is 3. The third-order valence-electron chi connectivity index (χ3n) is 4.64. The van der Waals surface area contributed by atoms with Crippen LogP contribution in [0.15, 0.2) is 43.8 Å². The molecule has 2 aliphatic heterocycles. The number of thioether (sulfide) groups is 1. The van der Waals surface area contributed by atoms with Gasteiger partial charge in [0.15, 0.2) is 0 Å². The quantitative estimate of drug-likeness (QED) is 0.324. The maximum atomic E-state index is 6.15. The molecule has 1 aromatic carbocycles. The molecule has 5 heteroatoms. The van der Waals surface area contributed by atoms with Crippen molar-refractivity contribution >= 4 is 45.9 Å². The first kappa shape index (κ1) is 18.8. The molecule has 0 aromatic heterocycles. The normalized spacial score (nSPS) is 21.4. The van der Waals surface area contributed by atoms with E-state index in [0.717, 1.165) is 48.0 Å². The van der Waals surface area contributed by atoms with Crippen LogP contribution in [-0.4, -0.2) is 18.2 Å². The average Bonchev–Trinajstić information content (AvgIpc) is 3.09. The van der Waals surface area contributed by atoms with Crippen molar-refractivity contribution in [1.29, 1.82) is 0 Å². The van der Waals surface area contributed by atoms with Crippen LogP contribution in [0.2, 0.25) is 0 Å². The first-order chi connectivity index (χ1) is 12.2. The van der Waals surface area contributed by atoms with Crippen molar-refractivity contribution < 1.29 is 4.74 Å². The number of aliphatic imine (C=N–C) groups is 1. The SMILES string of the molecule is C/C=C(/I)CCC1CCCOc2cc(N=C(N)C3=CCCS3)ccc21. The molecule has 0 aliphatic carbocycles. The molecule has 2 heterocycles. The Morgan fingerprint density at radius 3 is 3.12 bits per heavy atom. The molecule has 1 unspecified atom stereocenters. The molecule has 0 amide bonds. The summed E-state index contributed by atoms with van der Waals surface area (Å²) in [6.07, 6.45) is 10.1. The number of allylic oxidation sites excluding steroid dienone is 3. The summed E-state index contributed by atoms with van der Waals surface area (Å²) in [4.78, 5) is 5.71. The van der Waals surface area contributed by atoms with E-state index in [9.17, 15) is 0 Å². The number of halogens is 1. The number of rotatable bonds is 5. The highest BCUT2D eigenvalue weighted by Crippen LogP contribution is 2.39. The second-order valence-electron chi connectivity index (χ2n) is 6.39. The zero-order valence-corrected chi connectivity index (χ0v) is 17.6. The van der Waals surface area contributed by atoms with Crippen LogP contribution < -0.4 is 10.5 Å². The first-order valence-corrected chi connectivity index (χ1v) is 11.0. The van der Waals surface area contributed by atoms with Crippen molar-refractivity contribution in [3.05, 3.63) is 44.4 Å². The highest BCUT2D eigenvalue weighted by Gasteiger charge is 2.20. The van der Waals surface area contributed by atoms with E-state index in [-0.39, 0.29) is 0 Å². The largest absolute Gasteiger partial charge is 0.493 e. The molecule has 0 spiro atoms. The van der Waals surface area contributed by atoms with E-state index in [0.29, 0.717) is 11.8 Å². The number of hydrogen-bond donors (Lipinski definition) is 1. The summed E-state index contributed by atoms with van der Waals surface area (Å²) < 4.78 is 7.44. The summed E-state index contributed by atoms with van der Waals surface area (Å²) in [5.74, 6) is 3.27. The van der Waals surface area contributed by atoms with Gasteiger partial charge in [0, 0.05) is 16.7 Å². The predicted molar refractivity (Wildman–Crippen MR) is 117 cm³/mol. The summed E-state index contributed by atoms with van der Waals surface area (Å²) in [5, 5.41) is 0. The number of nitrogens with two attached hydrogens (primary N) is 1. The maximum absolute atomic E-state index is 6.15. The predicted octanol–water partition coefficient (Wildman–Crippen LogP) is 6.07. The van der Waals surface area contributed by atoms with Gasteiger partial charge in [0.25, 0.3) is 0 Å². The van der Waals surface area contributed by atoms with Crippen molar-refractivity contribution in [2.75, 3.05) is 12.4 Å². The van der Waals surface area contributed by atoms with Gasteiger partial charge in [0.1, 0.15) is 11.6 Å². The zero-order chi connectivity index (χ0) is 17.6. The van der Waals surface area contributed by atoms with E-state index in [2.05, 4.69) is 64.9 Å². The molecule has 1 atom stereocenters. The van der Waals surface area contributed by atoms with Crippen LogP contribution >= 0.6 is 34.4 Å². The molecule has 2 N–H and O–H groups in total. The third kappa shape index (κ3) is 5.03. The van der Waals surface area contributed by atoms with Gasteiger partial charge < -0.3 is 10.5 Å². The third-order valence-corrected chi connectivity index (χ3v) is 6.93. The molecule has 134 valence electrons. The van der Waals surface area contributed by atoms with Crippen LogP contribution in [0.3, 0.4) is 0 Å². The number of fused-ring (bicyclic) bond motifs is 1. The Labute approximate surface area is 168 Å². The first-order valence-electron chi connectivity index (χ1n) is 8.92. The molecule has 0 radical (unpaired) electrons. The number of benzene rings is 1. The van der Waals surface area contributed by atoms with Crippen LogP contribution in [0.1, 0.15) is 50.5 Å². The monoisotopic (exact) mass is 468 g/mol. The summed E-state index contributed by atoms with van der Waals surface area (Å²) in [5.41, 5.74) is 8.36. The summed E-state index contributed by atoms with van der Waals surface area (Å²) in [6.45, 7) is 2.90. The highest BCUT2D eigenvalue weighted by molar-refractivity contribution is 14.1. The summed E-state index contributed by atoms with van der Waals surface area (Å²) >= 11 is 4.22. The molecule has 3 nitrogen and oxygen atoms in total. The fourth-order valence-corrected chi connectivity index (χ4v) is 4.47. The Morgan fingerprint density at radius 2 is 2.36 bits per heavy atom. The lowest BCUT2D eigenvalue weighted by atomic mass is 9.90. The lowest BCUT2D eigenvalue weighted by Crippen LogP contribution is -2.11. The van der Waals surface area contributed by atoms with Gasteiger partial charge in [-0.1, -0.05) is 18.2 Å².